The predicted octanol–water partition coefficient (Wildman–Crippen LogP) is 2.05. The van der Waals surface area contributed by atoms with Crippen LogP contribution in [0.4, 0.5) is 0 Å². The van der Waals surface area contributed by atoms with Gasteiger partial charge in [-0.15, -0.1) is 24.0 Å². The summed E-state index contributed by atoms with van der Waals surface area (Å²) in [5, 5.41) is 4.78. The van der Waals surface area contributed by atoms with Gasteiger partial charge in [-0.25, -0.2) is 4.98 Å². The Balaban J connectivity index is 1.90. The molecule has 0 fully saturated rings. The minimum atomic E-state index is -0.0529. The van der Waals surface area contributed by atoms with Crippen LogP contribution in [0.2, 0.25) is 0 Å². The molecule has 2 aromatic rings. The van der Waals surface area contributed by atoms with Crippen molar-refractivity contribution in [3.05, 3.63) is 35.0 Å². The van der Waals surface area contributed by atoms with Crippen molar-refractivity contribution in [2.24, 2.45) is 0 Å². The molecule has 1 unspecified atom stereocenters. The van der Waals surface area contributed by atoms with E-state index in [9.17, 15) is 4.79 Å². The number of amides is 1. The summed E-state index contributed by atoms with van der Waals surface area (Å²) in [6.45, 7) is 2.68. The average Bonchev–Trinajstić information content (AvgIpc) is 2.89. The van der Waals surface area contributed by atoms with Gasteiger partial charge in [-0.2, -0.15) is 0 Å². The summed E-state index contributed by atoms with van der Waals surface area (Å²) in [5.41, 5.74) is 0. The highest BCUT2D eigenvalue weighted by Gasteiger charge is 2.11. The first-order valence-corrected chi connectivity index (χ1v) is 6.52. The lowest BCUT2D eigenvalue weighted by atomic mass is 10.3. The Morgan fingerprint density at radius 1 is 1.71 bits per heavy atom. The zero-order valence-electron chi connectivity index (χ0n) is 9.33. The normalized spacial score (nSPS) is 12.4. The van der Waals surface area contributed by atoms with Crippen LogP contribution in [0.5, 0.6) is 0 Å². The Morgan fingerprint density at radius 3 is 3.12 bits per heavy atom. The predicted molar refractivity (Wildman–Crippen MR) is 70.7 cm³/mol. The molecule has 0 radical (unpaired) electrons. The smallest absolute Gasteiger partial charge is 0.261 e. The van der Waals surface area contributed by atoms with Crippen molar-refractivity contribution in [2.75, 3.05) is 0 Å². The molecular weight excluding hydrogens is 254 g/mol. The molecule has 0 bridgehead atoms. The SMILES string of the molecule is CC(Cn1ccnc1)NC(=O)c1cc(S)cs1. The van der Waals surface area contributed by atoms with E-state index < -0.39 is 0 Å². The number of rotatable bonds is 4. The topological polar surface area (TPSA) is 46.9 Å². The minimum absolute atomic E-state index is 0.0529. The van der Waals surface area contributed by atoms with Crippen LogP contribution in [0, 0.1) is 0 Å². The summed E-state index contributed by atoms with van der Waals surface area (Å²) in [5.74, 6) is -0.0529. The first-order chi connectivity index (χ1) is 8.15. The van der Waals surface area contributed by atoms with E-state index in [-0.39, 0.29) is 11.9 Å². The van der Waals surface area contributed by atoms with Crippen LogP contribution in [0.1, 0.15) is 16.6 Å². The Labute approximate surface area is 109 Å². The maximum absolute atomic E-state index is 11.8. The van der Waals surface area contributed by atoms with Crippen molar-refractivity contribution in [3.8, 4) is 0 Å². The van der Waals surface area contributed by atoms with E-state index in [1.54, 1.807) is 18.6 Å². The molecule has 0 saturated carbocycles. The third-order valence-corrected chi connectivity index (χ3v) is 3.59. The molecule has 1 atom stereocenters. The summed E-state index contributed by atoms with van der Waals surface area (Å²) >= 11 is 5.58. The van der Waals surface area contributed by atoms with Gasteiger partial charge >= 0.3 is 0 Å². The highest BCUT2D eigenvalue weighted by molar-refractivity contribution is 7.80. The van der Waals surface area contributed by atoms with Gasteiger partial charge in [0.1, 0.15) is 0 Å². The van der Waals surface area contributed by atoms with Gasteiger partial charge in [0.2, 0.25) is 0 Å². The van der Waals surface area contributed by atoms with Crippen molar-refractivity contribution < 1.29 is 4.79 Å². The zero-order chi connectivity index (χ0) is 12.3. The summed E-state index contributed by atoms with van der Waals surface area (Å²) in [6.07, 6.45) is 5.33. The Hall–Kier alpha value is -1.27. The molecule has 6 heteroatoms. The molecule has 0 saturated heterocycles. The Bertz CT molecular complexity index is 493. The monoisotopic (exact) mass is 267 g/mol. The first kappa shape index (κ1) is 12.2. The van der Waals surface area contributed by atoms with E-state index in [2.05, 4.69) is 22.9 Å². The van der Waals surface area contributed by atoms with Crippen molar-refractivity contribution >= 4 is 29.9 Å². The molecule has 0 aliphatic carbocycles. The fraction of sp³-hybridized carbons (Fsp3) is 0.273. The molecule has 2 aromatic heterocycles. The molecule has 0 aliphatic heterocycles. The number of hydrogen-bond donors (Lipinski definition) is 2. The highest BCUT2D eigenvalue weighted by Crippen LogP contribution is 2.17. The molecule has 4 nitrogen and oxygen atoms in total. The van der Waals surface area contributed by atoms with E-state index in [1.165, 1.54) is 11.3 Å². The number of carbonyl (C=O) groups excluding carboxylic acids is 1. The Kier molecular flexibility index (Phi) is 3.86. The molecule has 2 rings (SSSR count). The van der Waals surface area contributed by atoms with Gasteiger partial charge in [0.25, 0.3) is 5.91 Å². The maximum atomic E-state index is 11.8. The fourth-order valence-corrected chi connectivity index (χ4v) is 2.55. The number of carbonyl (C=O) groups is 1. The van der Waals surface area contributed by atoms with Crippen molar-refractivity contribution in [1.29, 1.82) is 0 Å². The van der Waals surface area contributed by atoms with Gasteiger partial charge in [-0.05, 0) is 13.0 Å². The van der Waals surface area contributed by atoms with Crippen LogP contribution in [-0.2, 0) is 6.54 Å². The van der Waals surface area contributed by atoms with Crippen molar-refractivity contribution in [2.45, 2.75) is 24.4 Å². The summed E-state index contributed by atoms with van der Waals surface area (Å²) in [7, 11) is 0. The average molecular weight is 267 g/mol. The number of hydrogen-bond acceptors (Lipinski definition) is 4. The number of thiol groups is 1. The molecule has 0 aliphatic rings. The molecule has 0 aromatic carbocycles. The quantitative estimate of drug-likeness (QED) is 0.833. The third-order valence-electron chi connectivity index (χ3n) is 2.23. The number of thiophene rings is 1. The second-order valence-electron chi connectivity index (χ2n) is 3.80. The molecule has 17 heavy (non-hydrogen) atoms. The molecule has 2 heterocycles. The summed E-state index contributed by atoms with van der Waals surface area (Å²) < 4.78 is 1.93. The van der Waals surface area contributed by atoms with Crippen molar-refractivity contribution in [3.63, 3.8) is 0 Å². The van der Waals surface area contributed by atoms with Crippen LogP contribution in [0.3, 0.4) is 0 Å². The van der Waals surface area contributed by atoms with Crippen LogP contribution in [0.15, 0.2) is 35.1 Å². The minimum Gasteiger partial charge on any atom is -0.347 e. The molecule has 1 N–H and O–H groups in total. The lowest BCUT2D eigenvalue weighted by Gasteiger charge is -2.13. The summed E-state index contributed by atoms with van der Waals surface area (Å²) in [6, 6.07) is 1.83. The van der Waals surface area contributed by atoms with Gasteiger partial charge in [0.15, 0.2) is 0 Å². The van der Waals surface area contributed by atoms with Gasteiger partial charge in [-0.3, -0.25) is 4.79 Å². The van der Waals surface area contributed by atoms with Crippen molar-refractivity contribution in [1.82, 2.24) is 14.9 Å². The standard InChI is InChI=1S/C11H13N3OS2/c1-8(5-14-3-2-12-7-14)13-11(15)10-4-9(16)6-17-10/h2-4,6-8,16H,5H2,1H3,(H,13,15). The lowest BCUT2D eigenvalue weighted by Crippen LogP contribution is -2.35. The summed E-state index contributed by atoms with van der Waals surface area (Å²) in [4.78, 5) is 17.3. The number of nitrogens with one attached hydrogen (secondary N) is 1. The maximum Gasteiger partial charge on any atom is 0.261 e. The van der Waals surface area contributed by atoms with E-state index in [0.717, 1.165) is 4.90 Å². The lowest BCUT2D eigenvalue weighted by molar-refractivity contribution is 0.0940. The molecule has 0 spiro atoms. The van der Waals surface area contributed by atoms with Gasteiger partial charge in [-0.1, -0.05) is 0 Å². The second-order valence-corrected chi connectivity index (χ2v) is 5.23. The Morgan fingerprint density at radius 2 is 2.53 bits per heavy atom. The van der Waals surface area contributed by atoms with Gasteiger partial charge in [0, 0.05) is 35.3 Å². The highest BCUT2D eigenvalue weighted by atomic mass is 32.1. The van der Waals surface area contributed by atoms with E-state index in [1.807, 2.05) is 23.1 Å². The zero-order valence-corrected chi connectivity index (χ0v) is 11.0. The second kappa shape index (κ2) is 5.37. The van der Waals surface area contributed by atoms with Crippen LogP contribution < -0.4 is 5.32 Å². The number of imidazole rings is 1. The van der Waals surface area contributed by atoms with Gasteiger partial charge in [0.05, 0.1) is 11.2 Å². The van der Waals surface area contributed by atoms with Crippen LogP contribution in [0.25, 0.3) is 0 Å². The molecular formula is C11H13N3OS2. The van der Waals surface area contributed by atoms with E-state index in [4.69, 9.17) is 0 Å². The fourth-order valence-electron chi connectivity index (χ4n) is 1.50. The third kappa shape index (κ3) is 3.34. The van der Waals surface area contributed by atoms with E-state index >= 15 is 0 Å². The number of aromatic nitrogens is 2. The van der Waals surface area contributed by atoms with Gasteiger partial charge < -0.3 is 9.88 Å². The van der Waals surface area contributed by atoms with Crippen LogP contribution >= 0.6 is 24.0 Å². The van der Waals surface area contributed by atoms with Crippen LogP contribution in [-0.4, -0.2) is 21.5 Å². The first-order valence-electron chi connectivity index (χ1n) is 5.19. The molecule has 90 valence electrons. The number of nitrogens with zero attached hydrogens (tertiary/aromatic N) is 2. The molecule has 1 amide bonds. The largest absolute Gasteiger partial charge is 0.347 e. The van der Waals surface area contributed by atoms with E-state index in [0.29, 0.717) is 11.4 Å².